The van der Waals surface area contributed by atoms with Crippen molar-refractivity contribution in [1.29, 1.82) is 5.26 Å². The van der Waals surface area contributed by atoms with Gasteiger partial charge in [0.2, 0.25) is 0 Å². The normalized spacial score (nSPS) is 12.1. The molecule has 1 N–H and O–H groups in total. The first-order valence-electron chi connectivity index (χ1n) is 6.84. The van der Waals surface area contributed by atoms with E-state index in [-0.39, 0.29) is 5.70 Å². The number of nitriles is 1. The number of allylic oxidation sites excluding steroid dienone is 2. The van der Waals surface area contributed by atoms with Crippen molar-refractivity contribution in [2.24, 2.45) is 5.10 Å². The summed E-state index contributed by atoms with van der Waals surface area (Å²) < 4.78 is 38.5. The van der Waals surface area contributed by atoms with Crippen molar-refractivity contribution in [3.05, 3.63) is 59.4 Å². The smallest absolute Gasteiger partial charge is 0.268 e. The van der Waals surface area contributed by atoms with E-state index in [2.05, 4.69) is 22.2 Å². The molecule has 0 aliphatic carbocycles. The Bertz CT molecular complexity index is 832. The number of alkyl halides is 3. The van der Waals surface area contributed by atoms with Crippen LogP contribution in [-0.2, 0) is 6.18 Å². The molecule has 0 bridgehead atoms. The van der Waals surface area contributed by atoms with Crippen molar-refractivity contribution in [1.82, 2.24) is 10.4 Å². The molecule has 0 atom stereocenters. The number of nitrogens with zero attached hydrogens (tertiary/aromatic N) is 3. The summed E-state index contributed by atoms with van der Waals surface area (Å²) in [6, 6.07) is 11.8. The van der Waals surface area contributed by atoms with E-state index in [1.165, 1.54) is 6.07 Å². The second-order valence-electron chi connectivity index (χ2n) is 4.87. The molecule has 0 aliphatic heterocycles. The van der Waals surface area contributed by atoms with Crippen LogP contribution in [0.3, 0.4) is 0 Å². The fraction of sp³-hybridized carbons (Fsp3) is 0.118. The highest BCUT2D eigenvalue weighted by atomic mass is 19.4. The summed E-state index contributed by atoms with van der Waals surface area (Å²) >= 11 is 0. The van der Waals surface area contributed by atoms with Gasteiger partial charge in [0.15, 0.2) is 0 Å². The number of rotatable bonds is 4. The topological polar surface area (TPSA) is 61.1 Å². The fourth-order valence-electron chi connectivity index (χ4n) is 2.06. The highest BCUT2D eigenvalue weighted by Gasteiger charge is 2.30. The predicted octanol–water partition coefficient (Wildman–Crippen LogP) is 4.23. The average Bonchev–Trinajstić information content (AvgIpc) is 2.58. The van der Waals surface area contributed by atoms with Crippen LogP contribution in [0.1, 0.15) is 18.2 Å². The Hall–Kier alpha value is -3.14. The van der Waals surface area contributed by atoms with Crippen LogP contribution in [-0.4, -0.2) is 11.7 Å². The quantitative estimate of drug-likeness (QED) is 0.518. The second kappa shape index (κ2) is 6.96. The third kappa shape index (κ3) is 3.79. The van der Waals surface area contributed by atoms with E-state index >= 15 is 0 Å². The van der Waals surface area contributed by atoms with Gasteiger partial charge in [0.05, 0.1) is 17.0 Å². The molecule has 0 radical (unpaired) electrons. The van der Waals surface area contributed by atoms with E-state index in [9.17, 15) is 13.2 Å². The average molecular weight is 330 g/mol. The minimum absolute atomic E-state index is 0.165. The van der Waals surface area contributed by atoms with Crippen LogP contribution in [0.4, 0.5) is 13.2 Å². The number of aromatic nitrogens is 1. The molecule has 7 heteroatoms. The molecular weight excluding hydrogens is 317 g/mol. The predicted molar refractivity (Wildman–Crippen MR) is 85.6 cm³/mol. The summed E-state index contributed by atoms with van der Waals surface area (Å²) in [6.07, 6.45) is -4.42. The summed E-state index contributed by atoms with van der Waals surface area (Å²) in [4.78, 5) is 4.34. The SMILES string of the molecule is C=NN/C(C#N)=C(\C)c1cccc(-c2cccc(C(F)(F)F)c2)n1. The molecule has 0 saturated heterocycles. The Morgan fingerprint density at radius 2 is 1.96 bits per heavy atom. The molecule has 0 fully saturated rings. The highest BCUT2D eigenvalue weighted by molar-refractivity contribution is 5.70. The van der Waals surface area contributed by atoms with Gasteiger partial charge < -0.3 is 0 Å². The number of hydrogen-bond donors (Lipinski definition) is 1. The first-order valence-corrected chi connectivity index (χ1v) is 6.84. The van der Waals surface area contributed by atoms with E-state index in [4.69, 9.17) is 5.26 Å². The number of nitrogens with one attached hydrogen (secondary N) is 1. The summed E-state index contributed by atoms with van der Waals surface area (Å²) in [5.74, 6) is 0. The van der Waals surface area contributed by atoms with E-state index < -0.39 is 11.7 Å². The molecule has 122 valence electrons. The van der Waals surface area contributed by atoms with Gasteiger partial charge in [0.1, 0.15) is 11.8 Å². The first-order chi connectivity index (χ1) is 11.4. The van der Waals surface area contributed by atoms with E-state index in [1.807, 2.05) is 6.07 Å². The number of pyridine rings is 1. The third-order valence-corrected chi connectivity index (χ3v) is 3.30. The second-order valence-corrected chi connectivity index (χ2v) is 4.87. The third-order valence-electron chi connectivity index (χ3n) is 3.30. The molecule has 4 nitrogen and oxygen atoms in total. The molecule has 2 aromatic rings. The molecule has 24 heavy (non-hydrogen) atoms. The van der Waals surface area contributed by atoms with Gasteiger partial charge in [-0.15, -0.1) is 0 Å². The standard InChI is InChI=1S/C17H13F3N4/c1-11(16(10-21)24-22-2)14-7-4-8-15(23-14)12-5-3-6-13(9-12)17(18,19)20/h3-9,24H,2H2,1H3/b16-11+. The van der Waals surface area contributed by atoms with E-state index in [0.29, 0.717) is 22.5 Å². The lowest BCUT2D eigenvalue weighted by molar-refractivity contribution is -0.137. The van der Waals surface area contributed by atoms with Crippen LogP contribution in [0.5, 0.6) is 0 Å². The van der Waals surface area contributed by atoms with Crippen molar-refractivity contribution in [2.75, 3.05) is 0 Å². The lowest BCUT2D eigenvalue weighted by Gasteiger charge is -2.10. The molecule has 0 spiro atoms. The van der Waals surface area contributed by atoms with E-state index in [1.54, 1.807) is 31.2 Å². The zero-order valence-electron chi connectivity index (χ0n) is 12.7. The maximum Gasteiger partial charge on any atom is 0.416 e. The maximum atomic E-state index is 12.8. The Morgan fingerprint density at radius 1 is 1.25 bits per heavy atom. The molecule has 0 unspecified atom stereocenters. The number of halogens is 3. The van der Waals surface area contributed by atoms with Gasteiger partial charge in [-0.2, -0.15) is 23.5 Å². The number of hydrazone groups is 1. The van der Waals surface area contributed by atoms with Gasteiger partial charge in [0, 0.05) is 17.9 Å². The lowest BCUT2D eigenvalue weighted by Crippen LogP contribution is -2.06. The number of hydrogen-bond acceptors (Lipinski definition) is 4. The van der Waals surface area contributed by atoms with Gasteiger partial charge in [-0.25, -0.2) is 4.98 Å². The van der Waals surface area contributed by atoms with Crippen molar-refractivity contribution in [3.63, 3.8) is 0 Å². The van der Waals surface area contributed by atoms with Crippen LogP contribution in [0.2, 0.25) is 0 Å². The maximum absolute atomic E-state index is 12.8. The Kier molecular flexibility index (Phi) is 4.99. The lowest BCUT2D eigenvalue weighted by atomic mass is 10.1. The Morgan fingerprint density at radius 3 is 2.58 bits per heavy atom. The fourth-order valence-corrected chi connectivity index (χ4v) is 2.06. The summed E-state index contributed by atoms with van der Waals surface area (Å²) in [6.45, 7) is 4.91. The molecular formula is C17H13F3N4. The van der Waals surface area contributed by atoms with Gasteiger partial charge in [-0.1, -0.05) is 18.2 Å². The summed E-state index contributed by atoms with van der Waals surface area (Å²) in [5, 5.41) is 12.5. The minimum Gasteiger partial charge on any atom is -0.268 e. The van der Waals surface area contributed by atoms with Crippen molar-refractivity contribution >= 4 is 12.3 Å². The molecule has 1 aromatic carbocycles. The van der Waals surface area contributed by atoms with E-state index in [0.717, 1.165) is 12.1 Å². The van der Waals surface area contributed by atoms with Crippen LogP contribution in [0.15, 0.2) is 53.3 Å². The largest absolute Gasteiger partial charge is 0.416 e. The molecule has 0 aliphatic rings. The van der Waals surface area contributed by atoms with Crippen LogP contribution in [0.25, 0.3) is 16.8 Å². The molecule has 1 heterocycles. The van der Waals surface area contributed by atoms with Gasteiger partial charge >= 0.3 is 6.18 Å². The molecule has 0 amide bonds. The van der Waals surface area contributed by atoms with Gasteiger partial charge in [0.25, 0.3) is 0 Å². The highest BCUT2D eigenvalue weighted by Crippen LogP contribution is 2.32. The minimum atomic E-state index is -4.42. The molecule has 2 rings (SSSR count). The Balaban J connectivity index is 2.49. The zero-order chi connectivity index (χ0) is 17.7. The zero-order valence-corrected chi connectivity index (χ0v) is 12.7. The van der Waals surface area contributed by atoms with Crippen molar-refractivity contribution in [2.45, 2.75) is 13.1 Å². The van der Waals surface area contributed by atoms with Crippen molar-refractivity contribution < 1.29 is 13.2 Å². The van der Waals surface area contributed by atoms with Gasteiger partial charge in [-0.3, -0.25) is 5.43 Å². The van der Waals surface area contributed by atoms with Crippen LogP contribution < -0.4 is 5.43 Å². The summed E-state index contributed by atoms with van der Waals surface area (Å²) in [7, 11) is 0. The summed E-state index contributed by atoms with van der Waals surface area (Å²) in [5.41, 5.74) is 3.57. The monoisotopic (exact) mass is 330 g/mol. The molecule has 1 aromatic heterocycles. The van der Waals surface area contributed by atoms with Crippen LogP contribution in [0, 0.1) is 11.3 Å². The Labute approximate surface area is 137 Å². The molecule has 0 saturated carbocycles. The van der Waals surface area contributed by atoms with Gasteiger partial charge in [-0.05, 0) is 31.2 Å². The number of benzene rings is 1. The van der Waals surface area contributed by atoms with Crippen LogP contribution >= 0.6 is 0 Å². The van der Waals surface area contributed by atoms with Crippen molar-refractivity contribution in [3.8, 4) is 17.3 Å². The first kappa shape index (κ1) is 17.2.